The third-order valence-corrected chi connectivity index (χ3v) is 4.29. The van der Waals surface area contributed by atoms with Crippen molar-refractivity contribution in [3.63, 3.8) is 0 Å². The normalized spacial score (nSPS) is 16.8. The highest BCUT2D eigenvalue weighted by molar-refractivity contribution is 6.31. The van der Waals surface area contributed by atoms with E-state index in [9.17, 15) is 8.78 Å². The molecule has 20 heavy (non-hydrogen) atoms. The molecule has 2 aromatic carbocycles. The van der Waals surface area contributed by atoms with E-state index in [-0.39, 0.29) is 17.0 Å². The van der Waals surface area contributed by atoms with Crippen LogP contribution in [0.25, 0.3) is 0 Å². The van der Waals surface area contributed by atoms with Crippen molar-refractivity contribution in [3.8, 4) is 0 Å². The molecule has 1 heterocycles. The molecule has 1 N–H and O–H groups in total. The van der Waals surface area contributed by atoms with E-state index in [1.165, 1.54) is 24.3 Å². The van der Waals surface area contributed by atoms with E-state index in [2.05, 4.69) is 5.32 Å². The Morgan fingerprint density at radius 2 is 1.65 bits per heavy atom. The van der Waals surface area contributed by atoms with Crippen LogP contribution in [-0.4, -0.2) is 13.1 Å². The number of halogens is 3. The van der Waals surface area contributed by atoms with Gasteiger partial charge in [-0.3, -0.25) is 0 Å². The molecule has 0 bridgehead atoms. The van der Waals surface area contributed by atoms with E-state index < -0.39 is 0 Å². The standard InChI is InChI=1S/C16H14ClF2N/c17-15-6-5-14(19)7-11(15)8-16(9-20-10-16)12-1-3-13(18)4-2-12/h1-7,20H,8-10H2. The average Bonchev–Trinajstić information content (AvgIpc) is 2.39. The summed E-state index contributed by atoms with van der Waals surface area (Å²) in [5.41, 5.74) is 1.71. The van der Waals surface area contributed by atoms with Crippen molar-refractivity contribution in [2.45, 2.75) is 11.8 Å². The fourth-order valence-corrected chi connectivity index (χ4v) is 2.89. The summed E-state index contributed by atoms with van der Waals surface area (Å²) in [6.45, 7) is 1.57. The van der Waals surface area contributed by atoms with Gasteiger partial charge in [0.15, 0.2) is 0 Å². The van der Waals surface area contributed by atoms with E-state index in [4.69, 9.17) is 11.6 Å². The van der Waals surface area contributed by atoms with Crippen molar-refractivity contribution >= 4 is 11.6 Å². The lowest BCUT2D eigenvalue weighted by atomic mass is 9.71. The second-order valence-electron chi connectivity index (χ2n) is 5.30. The highest BCUT2D eigenvalue weighted by Gasteiger charge is 2.39. The third kappa shape index (κ3) is 2.43. The highest BCUT2D eigenvalue weighted by Crippen LogP contribution is 2.34. The summed E-state index contributed by atoms with van der Waals surface area (Å²) >= 11 is 6.15. The summed E-state index contributed by atoms with van der Waals surface area (Å²) < 4.78 is 26.4. The van der Waals surface area contributed by atoms with Gasteiger partial charge in [0, 0.05) is 23.5 Å². The first-order chi connectivity index (χ1) is 9.59. The van der Waals surface area contributed by atoms with Crippen molar-refractivity contribution in [3.05, 3.63) is 70.2 Å². The van der Waals surface area contributed by atoms with Crippen molar-refractivity contribution in [1.29, 1.82) is 0 Å². The molecule has 1 saturated heterocycles. The number of nitrogens with one attached hydrogen (secondary N) is 1. The molecule has 1 fully saturated rings. The van der Waals surface area contributed by atoms with Crippen molar-refractivity contribution in [1.82, 2.24) is 5.32 Å². The molecule has 0 aliphatic carbocycles. The summed E-state index contributed by atoms with van der Waals surface area (Å²) in [7, 11) is 0. The van der Waals surface area contributed by atoms with E-state index in [1.54, 1.807) is 18.2 Å². The summed E-state index contributed by atoms with van der Waals surface area (Å²) in [5.74, 6) is -0.536. The first kappa shape index (κ1) is 13.5. The minimum absolute atomic E-state index is 0.134. The molecule has 0 amide bonds. The van der Waals surface area contributed by atoms with Crippen LogP contribution >= 0.6 is 11.6 Å². The fourth-order valence-electron chi connectivity index (χ4n) is 2.70. The van der Waals surface area contributed by atoms with Gasteiger partial charge in [0.05, 0.1) is 0 Å². The average molecular weight is 294 g/mol. The van der Waals surface area contributed by atoms with Gasteiger partial charge in [0.2, 0.25) is 0 Å². The summed E-state index contributed by atoms with van der Waals surface area (Å²) in [4.78, 5) is 0. The molecule has 0 radical (unpaired) electrons. The van der Waals surface area contributed by atoms with Gasteiger partial charge in [-0.1, -0.05) is 23.7 Å². The molecular weight excluding hydrogens is 280 g/mol. The Morgan fingerprint density at radius 3 is 2.25 bits per heavy atom. The second kappa shape index (κ2) is 5.15. The Bertz CT molecular complexity index is 621. The SMILES string of the molecule is Fc1ccc(C2(Cc3cc(F)ccc3Cl)CNC2)cc1. The van der Waals surface area contributed by atoms with Crippen molar-refractivity contribution in [2.24, 2.45) is 0 Å². The maximum absolute atomic E-state index is 13.4. The molecule has 0 spiro atoms. The molecule has 0 unspecified atom stereocenters. The number of benzene rings is 2. The number of hydrogen-bond acceptors (Lipinski definition) is 1. The smallest absolute Gasteiger partial charge is 0.123 e. The van der Waals surface area contributed by atoms with Crippen LogP contribution in [0.5, 0.6) is 0 Å². The Morgan fingerprint density at radius 1 is 1.00 bits per heavy atom. The van der Waals surface area contributed by atoms with Gasteiger partial charge in [0.25, 0.3) is 0 Å². The topological polar surface area (TPSA) is 12.0 Å². The monoisotopic (exact) mass is 293 g/mol. The largest absolute Gasteiger partial charge is 0.315 e. The van der Waals surface area contributed by atoms with Gasteiger partial charge in [-0.2, -0.15) is 0 Å². The van der Waals surface area contributed by atoms with Crippen LogP contribution in [0.3, 0.4) is 0 Å². The Labute approximate surface area is 121 Å². The molecule has 3 rings (SSSR count). The lowest BCUT2D eigenvalue weighted by molar-refractivity contribution is 0.274. The molecule has 1 aliphatic rings. The van der Waals surface area contributed by atoms with Crippen LogP contribution in [0, 0.1) is 11.6 Å². The molecule has 0 atom stereocenters. The molecule has 104 valence electrons. The lowest BCUT2D eigenvalue weighted by Crippen LogP contribution is -2.58. The molecule has 2 aromatic rings. The van der Waals surface area contributed by atoms with E-state index in [1.807, 2.05) is 0 Å². The van der Waals surface area contributed by atoms with Crippen LogP contribution in [0.4, 0.5) is 8.78 Å². The Kier molecular flexibility index (Phi) is 3.48. The van der Waals surface area contributed by atoms with Crippen molar-refractivity contribution < 1.29 is 8.78 Å². The predicted octanol–water partition coefficient (Wildman–Crippen LogP) is 3.70. The minimum atomic E-state index is -0.286. The highest BCUT2D eigenvalue weighted by atomic mass is 35.5. The zero-order chi connectivity index (χ0) is 14.2. The Hall–Kier alpha value is -1.45. The van der Waals surface area contributed by atoms with Crippen LogP contribution < -0.4 is 5.32 Å². The van der Waals surface area contributed by atoms with E-state index >= 15 is 0 Å². The zero-order valence-corrected chi connectivity index (χ0v) is 11.6. The molecule has 4 heteroatoms. The van der Waals surface area contributed by atoms with Crippen LogP contribution in [0.2, 0.25) is 5.02 Å². The van der Waals surface area contributed by atoms with E-state index in [0.29, 0.717) is 11.4 Å². The first-order valence-corrected chi connectivity index (χ1v) is 6.88. The van der Waals surface area contributed by atoms with E-state index in [0.717, 1.165) is 24.2 Å². The van der Waals surface area contributed by atoms with Crippen molar-refractivity contribution in [2.75, 3.05) is 13.1 Å². The predicted molar refractivity (Wildman–Crippen MR) is 76.1 cm³/mol. The number of rotatable bonds is 3. The van der Waals surface area contributed by atoms with Gasteiger partial charge in [-0.15, -0.1) is 0 Å². The summed E-state index contributed by atoms with van der Waals surface area (Å²) in [5, 5.41) is 3.81. The number of hydrogen-bond donors (Lipinski definition) is 1. The molecular formula is C16H14ClF2N. The van der Waals surface area contributed by atoms with Crippen LogP contribution in [0.15, 0.2) is 42.5 Å². The third-order valence-electron chi connectivity index (χ3n) is 3.92. The fraction of sp³-hybridized carbons (Fsp3) is 0.250. The van der Waals surface area contributed by atoms with Crippen LogP contribution in [-0.2, 0) is 11.8 Å². The van der Waals surface area contributed by atoms with Gasteiger partial charge >= 0.3 is 0 Å². The maximum Gasteiger partial charge on any atom is 0.123 e. The summed E-state index contributed by atoms with van der Waals surface area (Å²) in [6.07, 6.45) is 0.641. The molecule has 1 aliphatic heterocycles. The van der Waals surface area contributed by atoms with Crippen LogP contribution in [0.1, 0.15) is 11.1 Å². The first-order valence-electron chi connectivity index (χ1n) is 6.50. The quantitative estimate of drug-likeness (QED) is 0.910. The van der Waals surface area contributed by atoms with Gasteiger partial charge in [-0.05, 0) is 47.9 Å². The lowest BCUT2D eigenvalue weighted by Gasteiger charge is -2.43. The molecule has 0 aromatic heterocycles. The zero-order valence-electron chi connectivity index (χ0n) is 10.8. The van der Waals surface area contributed by atoms with Gasteiger partial charge < -0.3 is 5.32 Å². The maximum atomic E-state index is 13.4. The Balaban J connectivity index is 1.93. The van der Waals surface area contributed by atoms with Gasteiger partial charge in [0.1, 0.15) is 11.6 Å². The summed E-state index contributed by atoms with van der Waals surface area (Å²) in [6, 6.07) is 10.9. The minimum Gasteiger partial charge on any atom is -0.315 e. The molecule has 0 saturated carbocycles. The van der Waals surface area contributed by atoms with Gasteiger partial charge in [-0.25, -0.2) is 8.78 Å². The second-order valence-corrected chi connectivity index (χ2v) is 5.71. The molecule has 1 nitrogen and oxygen atoms in total.